The molecule has 17 heavy (non-hydrogen) atoms. The van der Waals surface area contributed by atoms with Crippen LogP contribution in [0.25, 0.3) is 4.96 Å². The fourth-order valence-corrected chi connectivity index (χ4v) is 3.25. The van der Waals surface area contributed by atoms with Crippen molar-refractivity contribution in [3.8, 4) is 0 Å². The molecule has 92 valence electrons. The van der Waals surface area contributed by atoms with Crippen LogP contribution in [-0.2, 0) is 11.3 Å². The van der Waals surface area contributed by atoms with Gasteiger partial charge in [-0.05, 0) is 25.3 Å². The third kappa shape index (κ3) is 2.22. The molecule has 0 spiro atoms. The van der Waals surface area contributed by atoms with Gasteiger partial charge < -0.3 is 10.5 Å². The molecule has 0 amide bonds. The second kappa shape index (κ2) is 4.76. The number of nitrogens with two attached hydrogens (primary N) is 1. The fourth-order valence-electron chi connectivity index (χ4n) is 2.53. The number of imidazole rings is 1. The molecule has 2 N–H and O–H groups in total. The molecule has 0 saturated heterocycles. The normalized spacial score (nSPS) is 24.8. The minimum atomic E-state index is 0.333. The van der Waals surface area contributed by atoms with E-state index in [0.29, 0.717) is 18.6 Å². The number of thiazole rings is 1. The number of hydrogen-bond donors (Lipinski definition) is 1. The summed E-state index contributed by atoms with van der Waals surface area (Å²) >= 11 is 1.65. The van der Waals surface area contributed by atoms with E-state index < -0.39 is 0 Å². The highest BCUT2D eigenvalue weighted by Gasteiger charge is 2.26. The molecule has 2 aromatic rings. The lowest BCUT2D eigenvalue weighted by Gasteiger charge is -2.17. The minimum absolute atomic E-state index is 0.333. The van der Waals surface area contributed by atoms with Gasteiger partial charge in [-0.1, -0.05) is 6.42 Å². The van der Waals surface area contributed by atoms with Crippen molar-refractivity contribution in [2.24, 2.45) is 11.7 Å². The van der Waals surface area contributed by atoms with Crippen LogP contribution in [0.5, 0.6) is 0 Å². The number of aromatic nitrogens is 2. The lowest BCUT2D eigenvalue weighted by molar-refractivity contribution is 0.0168. The number of nitrogens with zero attached hydrogens (tertiary/aromatic N) is 2. The van der Waals surface area contributed by atoms with Gasteiger partial charge in [0.1, 0.15) is 0 Å². The average Bonchev–Trinajstić information content (AvgIpc) is 3.00. The molecular formula is C12H17N3OS. The highest BCUT2D eigenvalue weighted by molar-refractivity contribution is 7.15. The van der Waals surface area contributed by atoms with Gasteiger partial charge in [0.15, 0.2) is 4.96 Å². The van der Waals surface area contributed by atoms with Crippen LogP contribution in [0.15, 0.2) is 17.8 Å². The van der Waals surface area contributed by atoms with Crippen LogP contribution in [0.2, 0.25) is 0 Å². The van der Waals surface area contributed by atoms with Crippen molar-refractivity contribution in [2.75, 3.05) is 6.54 Å². The molecular weight excluding hydrogens is 234 g/mol. The number of ether oxygens (including phenoxy) is 1. The Kier molecular flexibility index (Phi) is 3.13. The summed E-state index contributed by atoms with van der Waals surface area (Å²) in [6, 6.07) is 0. The van der Waals surface area contributed by atoms with Crippen molar-refractivity contribution < 1.29 is 4.74 Å². The molecule has 1 fully saturated rings. The summed E-state index contributed by atoms with van der Waals surface area (Å²) in [6.07, 6.45) is 7.99. The van der Waals surface area contributed by atoms with E-state index in [1.165, 1.54) is 12.8 Å². The van der Waals surface area contributed by atoms with E-state index in [2.05, 4.69) is 4.98 Å². The highest BCUT2D eigenvalue weighted by atomic mass is 32.1. The summed E-state index contributed by atoms with van der Waals surface area (Å²) in [5.41, 5.74) is 6.75. The van der Waals surface area contributed by atoms with Gasteiger partial charge in [0.25, 0.3) is 0 Å². The molecule has 0 radical (unpaired) electrons. The van der Waals surface area contributed by atoms with Gasteiger partial charge in [-0.25, -0.2) is 4.98 Å². The van der Waals surface area contributed by atoms with Crippen LogP contribution in [0.4, 0.5) is 0 Å². The van der Waals surface area contributed by atoms with Crippen molar-refractivity contribution in [2.45, 2.75) is 32.0 Å². The molecule has 2 atom stereocenters. The first-order valence-corrected chi connectivity index (χ1v) is 6.97. The summed E-state index contributed by atoms with van der Waals surface area (Å²) in [6.45, 7) is 1.35. The third-order valence-corrected chi connectivity index (χ3v) is 4.25. The zero-order valence-electron chi connectivity index (χ0n) is 9.71. The Labute approximate surface area is 104 Å². The Bertz CT molecular complexity index is 464. The minimum Gasteiger partial charge on any atom is -0.372 e. The van der Waals surface area contributed by atoms with Crippen molar-refractivity contribution >= 4 is 16.3 Å². The number of rotatable bonds is 4. The maximum Gasteiger partial charge on any atom is 0.193 e. The molecule has 0 aliphatic heterocycles. The van der Waals surface area contributed by atoms with Crippen LogP contribution >= 0.6 is 11.3 Å². The molecule has 2 heterocycles. The van der Waals surface area contributed by atoms with E-state index in [-0.39, 0.29) is 0 Å². The quantitative estimate of drug-likeness (QED) is 0.904. The van der Waals surface area contributed by atoms with Crippen LogP contribution < -0.4 is 5.73 Å². The molecule has 1 aliphatic carbocycles. The first kappa shape index (κ1) is 11.2. The first-order chi connectivity index (χ1) is 8.36. The Morgan fingerprint density at radius 3 is 3.29 bits per heavy atom. The zero-order valence-corrected chi connectivity index (χ0v) is 10.5. The largest absolute Gasteiger partial charge is 0.372 e. The third-order valence-electron chi connectivity index (χ3n) is 3.48. The van der Waals surface area contributed by atoms with Gasteiger partial charge in [-0.2, -0.15) is 0 Å². The Morgan fingerprint density at radius 1 is 1.53 bits per heavy atom. The molecule has 0 bridgehead atoms. The second-order valence-corrected chi connectivity index (χ2v) is 5.47. The zero-order chi connectivity index (χ0) is 11.7. The standard InChI is InChI=1S/C12H17N3OS/c13-6-9-2-1-3-11(9)16-8-10-7-15-4-5-17-12(15)14-10/h4-5,7,9,11H,1-3,6,8,13H2. The first-order valence-electron chi connectivity index (χ1n) is 6.09. The van der Waals surface area contributed by atoms with E-state index in [4.69, 9.17) is 10.5 Å². The predicted molar refractivity (Wildman–Crippen MR) is 68.0 cm³/mol. The summed E-state index contributed by atoms with van der Waals surface area (Å²) in [4.78, 5) is 5.54. The van der Waals surface area contributed by atoms with Gasteiger partial charge in [0.2, 0.25) is 0 Å². The Balaban J connectivity index is 1.62. The van der Waals surface area contributed by atoms with Gasteiger partial charge in [-0.15, -0.1) is 11.3 Å². The van der Waals surface area contributed by atoms with Gasteiger partial charge in [0.05, 0.1) is 18.4 Å². The molecule has 2 aromatic heterocycles. The van der Waals surface area contributed by atoms with E-state index in [0.717, 1.165) is 23.6 Å². The van der Waals surface area contributed by atoms with Crippen molar-refractivity contribution in [3.63, 3.8) is 0 Å². The molecule has 2 unspecified atom stereocenters. The fraction of sp³-hybridized carbons (Fsp3) is 0.583. The summed E-state index contributed by atoms with van der Waals surface area (Å²) in [5.74, 6) is 0.540. The molecule has 5 heteroatoms. The van der Waals surface area contributed by atoms with Crippen molar-refractivity contribution in [1.29, 1.82) is 0 Å². The van der Waals surface area contributed by atoms with E-state index in [1.54, 1.807) is 11.3 Å². The number of fused-ring (bicyclic) bond motifs is 1. The SMILES string of the molecule is NCC1CCCC1OCc1cn2ccsc2n1. The van der Waals surface area contributed by atoms with Crippen LogP contribution in [-0.4, -0.2) is 22.0 Å². The Morgan fingerprint density at radius 2 is 2.47 bits per heavy atom. The van der Waals surface area contributed by atoms with Crippen molar-refractivity contribution in [1.82, 2.24) is 9.38 Å². The van der Waals surface area contributed by atoms with Crippen LogP contribution in [0.3, 0.4) is 0 Å². The molecule has 1 saturated carbocycles. The molecule has 0 aromatic carbocycles. The van der Waals surface area contributed by atoms with Crippen LogP contribution in [0.1, 0.15) is 25.0 Å². The lowest BCUT2D eigenvalue weighted by atomic mass is 10.1. The Hall–Kier alpha value is -0.910. The molecule has 3 rings (SSSR count). The average molecular weight is 251 g/mol. The maximum absolute atomic E-state index is 5.94. The van der Waals surface area contributed by atoms with Crippen molar-refractivity contribution in [3.05, 3.63) is 23.5 Å². The second-order valence-electron chi connectivity index (χ2n) is 4.60. The number of hydrogen-bond acceptors (Lipinski definition) is 4. The van der Waals surface area contributed by atoms with Gasteiger partial charge in [-0.3, -0.25) is 4.40 Å². The van der Waals surface area contributed by atoms with E-state index in [1.807, 2.05) is 22.2 Å². The van der Waals surface area contributed by atoms with E-state index >= 15 is 0 Å². The molecule has 4 nitrogen and oxygen atoms in total. The monoisotopic (exact) mass is 251 g/mol. The maximum atomic E-state index is 5.94. The molecule has 1 aliphatic rings. The van der Waals surface area contributed by atoms with Gasteiger partial charge in [0, 0.05) is 17.8 Å². The highest BCUT2D eigenvalue weighted by Crippen LogP contribution is 2.28. The van der Waals surface area contributed by atoms with Gasteiger partial charge >= 0.3 is 0 Å². The topological polar surface area (TPSA) is 52.5 Å². The summed E-state index contributed by atoms with van der Waals surface area (Å²) < 4.78 is 7.98. The smallest absolute Gasteiger partial charge is 0.193 e. The lowest BCUT2D eigenvalue weighted by Crippen LogP contribution is -2.25. The van der Waals surface area contributed by atoms with E-state index in [9.17, 15) is 0 Å². The van der Waals surface area contributed by atoms with Crippen LogP contribution in [0, 0.1) is 5.92 Å². The summed E-state index contributed by atoms with van der Waals surface area (Å²) in [5, 5.41) is 2.04. The predicted octanol–water partition coefficient (Wildman–Crippen LogP) is 2.04. The summed E-state index contributed by atoms with van der Waals surface area (Å²) in [7, 11) is 0.